The van der Waals surface area contributed by atoms with Crippen LogP contribution in [0.5, 0.6) is 0 Å². The van der Waals surface area contributed by atoms with Gasteiger partial charge in [0.25, 0.3) is 0 Å². The molecule has 100 valence electrons. The number of fused-ring (bicyclic) bond motifs is 1. The summed E-state index contributed by atoms with van der Waals surface area (Å²) in [5.74, 6) is 3.56. The molecule has 1 N–H and O–H groups in total. The number of terminal acetylenes is 1. The topological polar surface area (TPSA) is 32.3 Å². The van der Waals surface area contributed by atoms with Crippen LogP contribution in [0.1, 0.15) is 45.4 Å². The fourth-order valence-electron chi connectivity index (χ4n) is 3.37. The molecule has 0 aromatic carbocycles. The van der Waals surface area contributed by atoms with Gasteiger partial charge in [0, 0.05) is 12.6 Å². The number of hydrogen-bond acceptors (Lipinski definition) is 2. The van der Waals surface area contributed by atoms with Gasteiger partial charge in [-0.25, -0.2) is 0 Å². The van der Waals surface area contributed by atoms with E-state index < -0.39 is 0 Å². The molecule has 2 aliphatic rings. The van der Waals surface area contributed by atoms with Crippen LogP contribution in [-0.2, 0) is 4.79 Å². The lowest BCUT2D eigenvalue weighted by Crippen LogP contribution is -2.55. The summed E-state index contributed by atoms with van der Waals surface area (Å²) in [6.07, 6.45) is 12.7. The Balaban J connectivity index is 1.93. The number of likely N-dealkylation sites (N-methyl/N-ethyl adjacent to an activating group) is 1. The summed E-state index contributed by atoms with van der Waals surface area (Å²) in [6.45, 7) is 3.12. The van der Waals surface area contributed by atoms with Crippen LogP contribution in [0.4, 0.5) is 0 Å². The number of piperidine rings is 1. The first-order valence-corrected chi connectivity index (χ1v) is 7.24. The second-order valence-electron chi connectivity index (χ2n) is 5.50. The van der Waals surface area contributed by atoms with Crippen molar-refractivity contribution < 1.29 is 4.79 Å². The monoisotopic (exact) mass is 248 g/mol. The lowest BCUT2D eigenvalue weighted by molar-refractivity contribution is -0.134. The van der Waals surface area contributed by atoms with Crippen molar-refractivity contribution in [1.29, 1.82) is 0 Å². The predicted octanol–water partition coefficient (Wildman–Crippen LogP) is 1.78. The van der Waals surface area contributed by atoms with Crippen molar-refractivity contribution in [2.24, 2.45) is 5.92 Å². The van der Waals surface area contributed by atoms with Crippen molar-refractivity contribution in [1.82, 2.24) is 10.2 Å². The number of nitrogens with zero attached hydrogens (tertiary/aromatic N) is 1. The fourth-order valence-corrected chi connectivity index (χ4v) is 3.37. The van der Waals surface area contributed by atoms with E-state index in [0.717, 1.165) is 12.3 Å². The SMILES string of the molecule is C#CCN(CC)C(=O)C1CCC2CCCCC2N1. The molecular weight excluding hydrogens is 224 g/mol. The van der Waals surface area contributed by atoms with Gasteiger partial charge < -0.3 is 10.2 Å². The first-order chi connectivity index (χ1) is 8.76. The summed E-state index contributed by atoms with van der Waals surface area (Å²) in [5.41, 5.74) is 0. The van der Waals surface area contributed by atoms with Gasteiger partial charge in [0.05, 0.1) is 12.6 Å². The minimum Gasteiger partial charge on any atom is -0.330 e. The van der Waals surface area contributed by atoms with Gasteiger partial charge in [0.2, 0.25) is 5.91 Å². The summed E-state index contributed by atoms with van der Waals surface area (Å²) in [6, 6.07) is 0.559. The number of hydrogen-bond donors (Lipinski definition) is 1. The quantitative estimate of drug-likeness (QED) is 0.772. The van der Waals surface area contributed by atoms with Gasteiger partial charge in [0.1, 0.15) is 0 Å². The Morgan fingerprint density at radius 2 is 2.11 bits per heavy atom. The number of carbonyl (C=O) groups excluding carboxylic acids is 1. The van der Waals surface area contributed by atoms with Gasteiger partial charge >= 0.3 is 0 Å². The molecule has 18 heavy (non-hydrogen) atoms. The Kier molecular flexibility index (Phi) is 4.66. The van der Waals surface area contributed by atoms with Crippen LogP contribution in [0.15, 0.2) is 0 Å². The van der Waals surface area contributed by atoms with Crippen molar-refractivity contribution in [3.8, 4) is 12.3 Å². The molecular formula is C15H24N2O. The molecule has 0 aromatic heterocycles. The van der Waals surface area contributed by atoms with Crippen LogP contribution < -0.4 is 5.32 Å². The van der Waals surface area contributed by atoms with Crippen molar-refractivity contribution in [3.63, 3.8) is 0 Å². The van der Waals surface area contributed by atoms with Gasteiger partial charge in [0.15, 0.2) is 0 Å². The van der Waals surface area contributed by atoms with E-state index in [2.05, 4.69) is 11.2 Å². The van der Waals surface area contributed by atoms with E-state index in [9.17, 15) is 4.79 Å². The van der Waals surface area contributed by atoms with Crippen molar-refractivity contribution in [3.05, 3.63) is 0 Å². The van der Waals surface area contributed by atoms with Crippen LogP contribution in [-0.4, -0.2) is 36.0 Å². The maximum absolute atomic E-state index is 12.4. The van der Waals surface area contributed by atoms with Crippen LogP contribution in [0.3, 0.4) is 0 Å². The molecule has 1 amide bonds. The zero-order chi connectivity index (χ0) is 13.0. The maximum Gasteiger partial charge on any atom is 0.240 e. The zero-order valence-corrected chi connectivity index (χ0v) is 11.3. The van der Waals surface area contributed by atoms with Crippen LogP contribution in [0.25, 0.3) is 0 Å². The summed E-state index contributed by atoms with van der Waals surface area (Å²) in [7, 11) is 0. The highest BCUT2D eigenvalue weighted by molar-refractivity contribution is 5.82. The summed E-state index contributed by atoms with van der Waals surface area (Å²) < 4.78 is 0. The normalized spacial score (nSPS) is 31.2. The van der Waals surface area contributed by atoms with E-state index >= 15 is 0 Å². The zero-order valence-electron chi connectivity index (χ0n) is 11.3. The summed E-state index contributed by atoms with van der Waals surface area (Å²) in [4.78, 5) is 14.1. The largest absolute Gasteiger partial charge is 0.330 e. The Hall–Kier alpha value is -1.01. The smallest absolute Gasteiger partial charge is 0.240 e. The second-order valence-corrected chi connectivity index (χ2v) is 5.50. The third-order valence-corrected chi connectivity index (χ3v) is 4.42. The lowest BCUT2D eigenvalue weighted by Gasteiger charge is -2.41. The second kappa shape index (κ2) is 6.24. The van der Waals surface area contributed by atoms with E-state index in [-0.39, 0.29) is 11.9 Å². The molecule has 2 rings (SSSR count). The highest BCUT2D eigenvalue weighted by Crippen LogP contribution is 2.32. The van der Waals surface area contributed by atoms with E-state index in [1.165, 1.54) is 32.1 Å². The van der Waals surface area contributed by atoms with Gasteiger partial charge in [-0.3, -0.25) is 4.79 Å². The van der Waals surface area contributed by atoms with Gasteiger partial charge in [-0.05, 0) is 38.5 Å². The van der Waals surface area contributed by atoms with E-state index in [0.29, 0.717) is 19.1 Å². The minimum atomic E-state index is -0.00218. The Morgan fingerprint density at radius 1 is 1.33 bits per heavy atom. The molecule has 3 unspecified atom stereocenters. The van der Waals surface area contributed by atoms with Crippen LogP contribution in [0.2, 0.25) is 0 Å². The third-order valence-electron chi connectivity index (χ3n) is 4.42. The van der Waals surface area contributed by atoms with Crippen molar-refractivity contribution in [2.45, 2.75) is 57.5 Å². The number of nitrogens with one attached hydrogen (secondary N) is 1. The average molecular weight is 248 g/mol. The average Bonchev–Trinajstić information content (AvgIpc) is 2.43. The Bertz CT molecular complexity index is 334. The van der Waals surface area contributed by atoms with Crippen molar-refractivity contribution in [2.75, 3.05) is 13.1 Å². The third kappa shape index (κ3) is 2.87. The van der Waals surface area contributed by atoms with E-state index in [1.54, 1.807) is 4.90 Å². The van der Waals surface area contributed by atoms with Gasteiger partial charge in [-0.2, -0.15) is 0 Å². The molecule has 1 aliphatic carbocycles. The highest BCUT2D eigenvalue weighted by Gasteiger charge is 2.35. The van der Waals surface area contributed by atoms with Gasteiger partial charge in [-0.15, -0.1) is 6.42 Å². The molecule has 2 fully saturated rings. The highest BCUT2D eigenvalue weighted by atomic mass is 16.2. The number of amides is 1. The molecule has 1 saturated heterocycles. The molecule has 1 heterocycles. The van der Waals surface area contributed by atoms with E-state index in [4.69, 9.17) is 6.42 Å². The first-order valence-electron chi connectivity index (χ1n) is 7.24. The predicted molar refractivity (Wildman–Crippen MR) is 73.0 cm³/mol. The van der Waals surface area contributed by atoms with Crippen LogP contribution in [0, 0.1) is 18.3 Å². The Labute approximate surface area is 110 Å². The summed E-state index contributed by atoms with van der Waals surface area (Å²) >= 11 is 0. The molecule has 1 saturated carbocycles. The van der Waals surface area contributed by atoms with E-state index in [1.807, 2.05) is 6.92 Å². The first kappa shape index (κ1) is 13.4. The molecule has 3 heteroatoms. The number of carbonyl (C=O) groups is 1. The lowest BCUT2D eigenvalue weighted by atomic mass is 9.77. The van der Waals surface area contributed by atoms with Gasteiger partial charge in [-0.1, -0.05) is 18.8 Å². The molecule has 3 nitrogen and oxygen atoms in total. The standard InChI is InChI=1S/C15H24N2O/c1-3-11-17(4-2)15(18)14-10-9-12-7-5-6-8-13(12)16-14/h1,12-14,16H,4-11H2,2H3. The minimum absolute atomic E-state index is 0.00218. The molecule has 1 aliphatic heterocycles. The molecule has 3 atom stereocenters. The van der Waals surface area contributed by atoms with Crippen LogP contribution >= 0.6 is 0 Å². The van der Waals surface area contributed by atoms with Crippen molar-refractivity contribution >= 4 is 5.91 Å². The summed E-state index contributed by atoms with van der Waals surface area (Å²) in [5, 5.41) is 3.57. The maximum atomic E-state index is 12.4. The molecule has 0 spiro atoms. The number of rotatable bonds is 3. The molecule has 0 bridgehead atoms. The molecule has 0 aromatic rings. The molecule has 0 radical (unpaired) electrons. The Morgan fingerprint density at radius 3 is 2.83 bits per heavy atom. The fraction of sp³-hybridized carbons (Fsp3) is 0.800.